The number of rotatable bonds is 7. The average molecular weight is 368 g/mol. The van der Waals surface area contributed by atoms with E-state index in [2.05, 4.69) is 25.9 Å². The SMILES string of the molecule is CCNc1cc(-c2cc(CNC(=O)c3cc(C(C)C)nn3C)on2)ccn1. The van der Waals surface area contributed by atoms with Crippen molar-refractivity contribution in [1.82, 2.24) is 25.2 Å². The van der Waals surface area contributed by atoms with Crippen LogP contribution in [-0.2, 0) is 13.6 Å². The van der Waals surface area contributed by atoms with E-state index in [1.54, 1.807) is 17.9 Å². The van der Waals surface area contributed by atoms with E-state index in [1.165, 1.54) is 0 Å². The second kappa shape index (κ2) is 8.03. The molecule has 8 nitrogen and oxygen atoms in total. The third-order valence-electron chi connectivity index (χ3n) is 4.12. The summed E-state index contributed by atoms with van der Waals surface area (Å²) in [7, 11) is 1.76. The fraction of sp³-hybridized carbons (Fsp3) is 0.368. The van der Waals surface area contributed by atoms with Gasteiger partial charge in [0.15, 0.2) is 5.76 Å². The Morgan fingerprint density at radius 1 is 1.30 bits per heavy atom. The molecule has 3 rings (SSSR count). The van der Waals surface area contributed by atoms with E-state index in [4.69, 9.17) is 4.52 Å². The van der Waals surface area contributed by atoms with Crippen LogP contribution in [0.5, 0.6) is 0 Å². The first kappa shape index (κ1) is 18.6. The zero-order valence-electron chi connectivity index (χ0n) is 16.0. The molecular weight excluding hydrogens is 344 g/mol. The molecule has 3 aromatic heterocycles. The van der Waals surface area contributed by atoms with Crippen LogP contribution < -0.4 is 10.6 Å². The molecule has 8 heteroatoms. The van der Waals surface area contributed by atoms with E-state index in [1.807, 2.05) is 45.0 Å². The van der Waals surface area contributed by atoms with Gasteiger partial charge in [0.05, 0.1) is 12.2 Å². The lowest BCUT2D eigenvalue weighted by Gasteiger charge is -2.03. The van der Waals surface area contributed by atoms with Gasteiger partial charge in [0.2, 0.25) is 0 Å². The van der Waals surface area contributed by atoms with Gasteiger partial charge in [0.25, 0.3) is 5.91 Å². The molecule has 0 aliphatic rings. The van der Waals surface area contributed by atoms with Crippen LogP contribution in [0.3, 0.4) is 0 Å². The molecule has 0 radical (unpaired) electrons. The van der Waals surface area contributed by atoms with Crippen molar-refractivity contribution in [3.63, 3.8) is 0 Å². The first-order chi connectivity index (χ1) is 13.0. The van der Waals surface area contributed by atoms with Crippen LogP contribution in [0.1, 0.15) is 48.6 Å². The van der Waals surface area contributed by atoms with Gasteiger partial charge < -0.3 is 15.2 Å². The second-order valence-electron chi connectivity index (χ2n) is 6.55. The maximum atomic E-state index is 12.4. The Balaban J connectivity index is 1.66. The fourth-order valence-electron chi connectivity index (χ4n) is 2.64. The summed E-state index contributed by atoms with van der Waals surface area (Å²) in [5, 5.41) is 14.5. The number of anilines is 1. The molecule has 0 unspecified atom stereocenters. The molecule has 3 aromatic rings. The van der Waals surface area contributed by atoms with Gasteiger partial charge in [-0.15, -0.1) is 0 Å². The van der Waals surface area contributed by atoms with Crippen LogP contribution in [0, 0.1) is 0 Å². The summed E-state index contributed by atoms with van der Waals surface area (Å²) in [6.07, 6.45) is 1.72. The van der Waals surface area contributed by atoms with Crippen molar-refractivity contribution in [1.29, 1.82) is 0 Å². The molecule has 1 amide bonds. The highest BCUT2D eigenvalue weighted by Gasteiger charge is 2.16. The average Bonchev–Trinajstić information content (AvgIpc) is 3.27. The van der Waals surface area contributed by atoms with E-state index in [0.29, 0.717) is 17.1 Å². The highest BCUT2D eigenvalue weighted by Crippen LogP contribution is 2.21. The first-order valence-corrected chi connectivity index (χ1v) is 8.96. The highest BCUT2D eigenvalue weighted by molar-refractivity contribution is 5.92. The Morgan fingerprint density at radius 2 is 2.11 bits per heavy atom. The smallest absolute Gasteiger partial charge is 0.269 e. The molecule has 0 fully saturated rings. The van der Waals surface area contributed by atoms with Crippen molar-refractivity contribution < 1.29 is 9.32 Å². The van der Waals surface area contributed by atoms with Crippen molar-refractivity contribution in [2.75, 3.05) is 11.9 Å². The van der Waals surface area contributed by atoms with E-state index >= 15 is 0 Å². The highest BCUT2D eigenvalue weighted by atomic mass is 16.5. The van der Waals surface area contributed by atoms with Gasteiger partial charge in [-0.05, 0) is 31.0 Å². The normalized spacial score (nSPS) is 11.0. The van der Waals surface area contributed by atoms with E-state index in [9.17, 15) is 4.79 Å². The zero-order valence-corrected chi connectivity index (χ0v) is 16.0. The number of aryl methyl sites for hydroxylation is 1. The molecule has 0 spiro atoms. The molecule has 3 heterocycles. The molecule has 0 atom stereocenters. The van der Waals surface area contributed by atoms with Gasteiger partial charge in [-0.1, -0.05) is 19.0 Å². The topological polar surface area (TPSA) is 97.9 Å². The van der Waals surface area contributed by atoms with Crippen molar-refractivity contribution >= 4 is 11.7 Å². The summed E-state index contributed by atoms with van der Waals surface area (Å²) in [6.45, 7) is 7.14. The number of hydrogen-bond acceptors (Lipinski definition) is 6. The molecule has 0 saturated heterocycles. The third-order valence-corrected chi connectivity index (χ3v) is 4.12. The Kier molecular flexibility index (Phi) is 5.54. The monoisotopic (exact) mass is 368 g/mol. The van der Waals surface area contributed by atoms with Crippen LogP contribution >= 0.6 is 0 Å². The molecule has 2 N–H and O–H groups in total. The number of nitrogens with one attached hydrogen (secondary N) is 2. The number of carbonyl (C=O) groups excluding carboxylic acids is 1. The quantitative estimate of drug-likeness (QED) is 0.665. The molecule has 0 bridgehead atoms. The van der Waals surface area contributed by atoms with Crippen LogP contribution in [0.25, 0.3) is 11.3 Å². The van der Waals surface area contributed by atoms with E-state index in [0.717, 1.165) is 23.6 Å². The predicted octanol–water partition coefficient (Wildman–Crippen LogP) is 2.96. The van der Waals surface area contributed by atoms with Crippen LogP contribution in [0.15, 0.2) is 35.0 Å². The van der Waals surface area contributed by atoms with Crippen molar-refractivity contribution in [3.8, 4) is 11.3 Å². The summed E-state index contributed by atoms with van der Waals surface area (Å²) < 4.78 is 6.94. The Hall–Kier alpha value is -3.16. The predicted molar refractivity (Wildman–Crippen MR) is 102 cm³/mol. The molecule has 142 valence electrons. The van der Waals surface area contributed by atoms with E-state index < -0.39 is 0 Å². The molecule has 0 aliphatic heterocycles. The van der Waals surface area contributed by atoms with Gasteiger partial charge in [-0.25, -0.2) is 4.98 Å². The Bertz CT molecular complexity index is 928. The molecular formula is C19H24N6O2. The minimum atomic E-state index is -0.201. The van der Waals surface area contributed by atoms with Crippen molar-refractivity contribution in [2.24, 2.45) is 7.05 Å². The van der Waals surface area contributed by atoms with E-state index in [-0.39, 0.29) is 18.4 Å². The summed E-state index contributed by atoms with van der Waals surface area (Å²) in [6, 6.07) is 7.40. The minimum absolute atomic E-state index is 0.201. The zero-order chi connectivity index (χ0) is 19.4. The number of carbonyl (C=O) groups is 1. The largest absolute Gasteiger partial charge is 0.370 e. The summed E-state index contributed by atoms with van der Waals surface area (Å²) >= 11 is 0. The van der Waals surface area contributed by atoms with Gasteiger partial charge in [-0.3, -0.25) is 9.48 Å². The van der Waals surface area contributed by atoms with Gasteiger partial charge >= 0.3 is 0 Å². The third kappa shape index (κ3) is 4.33. The molecule has 0 aromatic carbocycles. The molecule has 0 saturated carbocycles. The number of amides is 1. The van der Waals surface area contributed by atoms with Crippen LogP contribution in [0.2, 0.25) is 0 Å². The van der Waals surface area contributed by atoms with Crippen LogP contribution in [0.4, 0.5) is 5.82 Å². The lowest BCUT2D eigenvalue weighted by molar-refractivity contribution is 0.0937. The molecule has 27 heavy (non-hydrogen) atoms. The summed E-state index contributed by atoms with van der Waals surface area (Å²) in [4.78, 5) is 16.7. The standard InChI is InChI=1S/C19H24N6O2/c1-5-20-18-8-13(6-7-21-18)16-9-14(27-24-16)11-22-19(26)17-10-15(12(2)3)23-25(17)4/h6-10,12H,5,11H2,1-4H3,(H,20,21)(H,22,26). The second-order valence-corrected chi connectivity index (χ2v) is 6.55. The number of aromatic nitrogens is 4. The van der Waals surface area contributed by atoms with Gasteiger partial charge in [0.1, 0.15) is 17.2 Å². The summed E-state index contributed by atoms with van der Waals surface area (Å²) in [5.74, 6) is 1.42. The van der Waals surface area contributed by atoms with Crippen LogP contribution in [-0.4, -0.2) is 32.4 Å². The number of nitrogens with zero attached hydrogens (tertiary/aromatic N) is 4. The van der Waals surface area contributed by atoms with Gasteiger partial charge in [-0.2, -0.15) is 5.10 Å². The fourth-order valence-corrected chi connectivity index (χ4v) is 2.64. The van der Waals surface area contributed by atoms with Crippen molar-refractivity contribution in [3.05, 3.63) is 47.6 Å². The maximum absolute atomic E-state index is 12.4. The van der Waals surface area contributed by atoms with Gasteiger partial charge in [0, 0.05) is 31.4 Å². The van der Waals surface area contributed by atoms with Crippen molar-refractivity contribution in [2.45, 2.75) is 33.2 Å². The minimum Gasteiger partial charge on any atom is -0.370 e. The lowest BCUT2D eigenvalue weighted by atomic mass is 10.1. The number of hydrogen-bond donors (Lipinski definition) is 2. The molecule has 0 aliphatic carbocycles. The number of pyridine rings is 1. The summed E-state index contributed by atoms with van der Waals surface area (Å²) in [5.41, 5.74) is 3.00. The Labute approximate surface area is 158 Å². The Morgan fingerprint density at radius 3 is 2.81 bits per heavy atom. The first-order valence-electron chi connectivity index (χ1n) is 8.96. The lowest BCUT2D eigenvalue weighted by Crippen LogP contribution is -2.24. The maximum Gasteiger partial charge on any atom is 0.269 e.